The molecule has 1 rings (SSSR count). The second-order valence-electron chi connectivity index (χ2n) is 1.90. The summed E-state index contributed by atoms with van der Waals surface area (Å²) in [4.78, 5) is 0. The number of para-hydroxylation sites is 1. The van der Waals surface area contributed by atoms with Gasteiger partial charge in [0.1, 0.15) is 5.75 Å². The van der Waals surface area contributed by atoms with Gasteiger partial charge in [-0.15, -0.1) is 0 Å². The lowest BCUT2D eigenvalue weighted by Gasteiger charge is -2.04. The van der Waals surface area contributed by atoms with Crippen LogP contribution in [-0.4, -0.2) is 13.9 Å². The van der Waals surface area contributed by atoms with Gasteiger partial charge in [-0.1, -0.05) is 23.7 Å². The van der Waals surface area contributed by atoms with Crippen LogP contribution in [0.15, 0.2) is 18.2 Å². The molecule has 0 amide bonds. The van der Waals surface area contributed by atoms with Crippen molar-refractivity contribution in [3.63, 3.8) is 0 Å². The Morgan fingerprint density at radius 1 is 1.64 bits per heavy atom. The Balaban J connectivity index is 2.62. The minimum atomic E-state index is 0.195. The topological polar surface area (TPSA) is 18.5 Å². The molecule has 0 unspecified atom stereocenters. The molecule has 3 heteroatoms. The van der Waals surface area contributed by atoms with Crippen molar-refractivity contribution in [2.45, 2.75) is 0 Å². The molecule has 2 nitrogen and oxygen atoms in total. The van der Waals surface area contributed by atoms with E-state index >= 15 is 0 Å². The third kappa shape index (κ3) is 2.41. The summed E-state index contributed by atoms with van der Waals surface area (Å²) in [5, 5.41) is 0.546. The molecule has 0 spiro atoms. The van der Waals surface area contributed by atoms with E-state index in [-0.39, 0.29) is 6.79 Å². The van der Waals surface area contributed by atoms with E-state index in [1.165, 1.54) is 0 Å². The van der Waals surface area contributed by atoms with Crippen LogP contribution >= 0.6 is 11.6 Å². The highest BCUT2D eigenvalue weighted by Gasteiger charge is 1.97. The van der Waals surface area contributed by atoms with E-state index < -0.39 is 0 Å². The van der Waals surface area contributed by atoms with Crippen LogP contribution in [0.5, 0.6) is 5.75 Å². The average Bonchev–Trinajstić information content (AvgIpc) is 2.03. The maximum atomic E-state index is 5.75. The van der Waals surface area contributed by atoms with Gasteiger partial charge in [-0.2, -0.15) is 0 Å². The van der Waals surface area contributed by atoms with Gasteiger partial charge in [0.15, 0.2) is 6.79 Å². The molecule has 11 heavy (non-hydrogen) atoms. The van der Waals surface area contributed by atoms with Crippen LogP contribution in [0, 0.1) is 6.07 Å². The number of methoxy groups -OCH3 is 1. The first-order chi connectivity index (χ1) is 5.34. The number of benzene rings is 1. The molecule has 0 saturated heterocycles. The molecule has 0 saturated carbocycles. The van der Waals surface area contributed by atoms with Gasteiger partial charge >= 0.3 is 0 Å². The first-order valence-electron chi connectivity index (χ1n) is 3.12. The summed E-state index contributed by atoms with van der Waals surface area (Å²) >= 11 is 5.75. The van der Waals surface area contributed by atoms with E-state index in [4.69, 9.17) is 21.1 Å². The van der Waals surface area contributed by atoms with Crippen molar-refractivity contribution in [1.82, 2.24) is 0 Å². The van der Waals surface area contributed by atoms with Crippen molar-refractivity contribution >= 4 is 11.6 Å². The number of hydrogen-bond acceptors (Lipinski definition) is 2. The Bertz CT molecular complexity index is 225. The molecule has 0 aliphatic rings. The first kappa shape index (κ1) is 8.37. The van der Waals surface area contributed by atoms with Crippen molar-refractivity contribution in [3.8, 4) is 5.75 Å². The van der Waals surface area contributed by atoms with E-state index in [9.17, 15) is 0 Å². The van der Waals surface area contributed by atoms with Crippen molar-refractivity contribution in [2.24, 2.45) is 0 Å². The molecule has 59 valence electrons. The van der Waals surface area contributed by atoms with Gasteiger partial charge in [0, 0.05) is 13.2 Å². The molecule has 1 aromatic carbocycles. The van der Waals surface area contributed by atoms with E-state index in [2.05, 4.69) is 6.07 Å². The van der Waals surface area contributed by atoms with Crippen LogP contribution in [0.1, 0.15) is 0 Å². The Kier molecular flexibility index (Phi) is 3.20. The number of halogens is 1. The summed E-state index contributed by atoms with van der Waals surface area (Å²) in [5.74, 6) is 0.524. The zero-order chi connectivity index (χ0) is 8.10. The van der Waals surface area contributed by atoms with Crippen molar-refractivity contribution < 1.29 is 9.47 Å². The first-order valence-corrected chi connectivity index (χ1v) is 3.50. The highest BCUT2D eigenvalue weighted by molar-refractivity contribution is 6.31. The van der Waals surface area contributed by atoms with E-state index in [1.54, 1.807) is 25.3 Å². The third-order valence-corrected chi connectivity index (χ3v) is 1.39. The van der Waals surface area contributed by atoms with Crippen molar-refractivity contribution in [1.29, 1.82) is 0 Å². The predicted molar refractivity (Wildman–Crippen MR) is 42.8 cm³/mol. The Hall–Kier alpha value is -0.730. The molecule has 0 N–H and O–H groups in total. The van der Waals surface area contributed by atoms with Gasteiger partial charge in [-0.25, -0.2) is 0 Å². The van der Waals surface area contributed by atoms with Crippen LogP contribution < -0.4 is 4.74 Å². The fourth-order valence-electron chi connectivity index (χ4n) is 0.629. The van der Waals surface area contributed by atoms with Crippen LogP contribution in [0.3, 0.4) is 0 Å². The summed E-state index contributed by atoms with van der Waals surface area (Å²) in [7, 11) is 1.55. The quantitative estimate of drug-likeness (QED) is 0.649. The number of hydrogen-bond donors (Lipinski definition) is 0. The van der Waals surface area contributed by atoms with Crippen LogP contribution in [0.2, 0.25) is 5.02 Å². The van der Waals surface area contributed by atoms with Crippen molar-refractivity contribution in [2.75, 3.05) is 13.9 Å². The second kappa shape index (κ2) is 4.21. The van der Waals surface area contributed by atoms with Gasteiger partial charge in [0.25, 0.3) is 0 Å². The fourth-order valence-corrected chi connectivity index (χ4v) is 0.811. The van der Waals surface area contributed by atoms with E-state index in [0.717, 1.165) is 0 Å². The van der Waals surface area contributed by atoms with Crippen molar-refractivity contribution in [3.05, 3.63) is 29.3 Å². The third-order valence-electron chi connectivity index (χ3n) is 1.09. The highest BCUT2D eigenvalue weighted by Crippen LogP contribution is 2.21. The monoisotopic (exact) mass is 171 g/mol. The molecule has 0 aliphatic carbocycles. The highest BCUT2D eigenvalue weighted by atomic mass is 35.5. The van der Waals surface area contributed by atoms with Gasteiger partial charge in [0.05, 0.1) is 5.02 Å². The van der Waals surface area contributed by atoms with E-state index in [1.807, 2.05) is 0 Å². The summed E-state index contributed by atoms with van der Waals surface area (Å²) in [6, 6.07) is 8.10. The molecule has 0 heterocycles. The Morgan fingerprint density at radius 3 is 3.09 bits per heavy atom. The molecule has 0 aliphatic heterocycles. The number of rotatable bonds is 3. The molecule has 1 aromatic rings. The van der Waals surface area contributed by atoms with Crippen LogP contribution in [0.4, 0.5) is 0 Å². The second-order valence-corrected chi connectivity index (χ2v) is 2.31. The Morgan fingerprint density at radius 2 is 2.45 bits per heavy atom. The van der Waals surface area contributed by atoms with Crippen LogP contribution in [0.25, 0.3) is 0 Å². The molecule has 0 fully saturated rings. The average molecular weight is 172 g/mol. The molecule has 0 atom stereocenters. The zero-order valence-electron chi connectivity index (χ0n) is 6.13. The molecular weight excluding hydrogens is 164 g/mol. The minimum absolute atomic E-state index is 0.195. The summed E-state index contributed by atoms with van der Waals surface area (Å²) in [6.45, 7) is 0.195. The summed E-state index contributed by atoms with van der Waals surface area (Å²) in [6.07, 6.45) is 0. The SMILES string of the molecule is COCOc1[c]cccc1Cl. The maximum absolute atomic E-state index is 5.75. The standard InChI is InChI=1S/C8H8ClO2/c1-10-6-11-8-5-3-2-4-7(8)9/h2-4H,6H2,1H3. The lowest BCUT2D eigenvalue weighted by molar-refractivity contribution is 0.0510. The predicted octanol–water partition coefficient (Wildman–Crippen LogP) is 2.12. The summed E-state index contributed by atoms with van der Waals surface area (Å²) < 4.78 is 9.78. The molecule has 0 bridgehead atoms. The smallest absolute Gasteiger partial charge is 0.188 e. The largest absolute Gasteiger partial charge is 0.465 e. The van der Waals surface area contributed by atoms with Gasteiger partial charge < -0.3 is 9.47 Å². The normalized spacial score (nSPS) is 9.64. The van der Waals surface area contributed by atoms with Gasteiger partial charge in [-0.05, 0) is 6.07 Å². The molecule has 0 aromatic heterocycles. The van der Waals surface area contributed by atoms with E-state index in [0.29, 0.717) is 10.8 Å². The lowest BCUT2D eigenvalue weighted by atomic mass is 10.3. The maximum Gasteiger partial charge on any atom is 0.188 e. The minimum Gasteiger partial charge on any atom is -0.465 e. The number of ether oxygens (including phenoxy) is 2. The molecular formula is C8H8ClO2. The van der Waals surface area contributed by atoms with Crippen LogP contribution in [-0.2, 0) is 4.74 Å². The molecule has 1 radical (unpaired) electrons. The lowest BCUT2D eigenvalue weighted by Crippen LogP contribution is -1.98. The van der Waals surface area contributed by atoms with Gasteiger partial charge in [-0.3, -0.25) is 0 Å². The Labute approximate surface area is 70.7 Å². The zero-order valence-corrected chi connectivity index (χ0v) is 6.89. The summed E-state index contributed by atoms with van der Waals surface area (Å²) in [5.41, 5.74) is 0. The van der Waals surface area contributed by atoms with Gasteiger partial charge in [0.2, 0.25) is 0 Å². The fraction of sp³-hybridized carbons (Fsp3) is 0.250.